The van der Waals surface area contributed by atoms with E-state index in [0.717, 1.165) is 51.8 Å². The first kappa shape index (κ1) is 23.6. The summed E-state index contributed by atoms with van der Waals surface area (Å²) in [5.41, 5.74) is 1.99. The van der Waals surface area contributed by atoms with Crippen molar-refractivity contribution in [1.82, 2.24) is 9.88 Å². The second-order valence-corrected chi connectivity index (χ2v) is 9.87. The topological polar surface area (TPSA) is 45.7 Å². The van der Waals surface area contributed by atoms with Crippen molar-refractivity contribution in [2.24, 2.45) is 0 Å². The second kappa shape index (κ2) is 11.5. The summed E-state index contributed by atoms with van der Waals surface area (Å²) in [6.45, 7) is 3.67. The highest BCUT2D eigenvalue weighted by atomic mass is 32.2. The number of benzene rings is 2. The van der Waals surface area contributed by atoms with Crippen molar-refractivity contribution >= 4 is 44.4 Å². The highest BCUT2D eigenvalue weighted by molar-refractivity contribution is 7.99. The highest BCUT2D eigenvalue weighted by Crippen LogP contribution is 2.36. The molecule has 1 aromatic heterocycles. The molecule has 31 heavy (non-hydrogen) atoms. The van der Waals surface area contributed by atoms with Crippen molar-refractivity contribution in [3.63, 3.8) is 0 Å². The van der Waals surface area contributed by atoms with Crippen molar-refractivity contribution in [3.05, 3.63) is 48.0 Å². The van der Waals surface area contributed by atoms with Gasteiger partial charge >= 0.3 is 0 Å². The Morgan fingerprint density at radius 2 is 1.87 bits per heavy atom. The molecule has 0 saturated carbocycles. The summed E-state index contributed by atoms with van der Waals surface area (Å²) in [6, 6.07) is 14.3. The maximum Gasteiger partial charge on any atom is 0.228 e. The van der Waals surface area contributed by atoms with E-state index in [0.29, 0.717) is 13.0 Å². The second-order valence-electron chi connectivity index (χ2n) is 7.73. The Labute approximate surface area is 193 Å². The van der Waals surface area contributed by atoms with E-state index in [1.54, 1.807) is 30.2 Å². The number of carbonyl (C=O) groups is 1. The van der Waals surface area contributed by atoms with Crippen molar-refractivity contribution < 1.29 is 9.53 Å². The summed E-state index contributed by atoms with van der Waals surface area (Å²) >= 11 is 3.38. The number of carbonyl (C=O) groups excluding carboxylic acids is 1. The molecule has 3 rings (SSSR count). The third-order valence-electron chi connectivity index (χ3n) is 4.98. The molecule has 166 valence electrons. The van der Waals surface area contributed by atoms with E-state index in [4.69, 9.17) is 9.72 Å². The van der Waals surface area contributed by atoms with Crippen LogP contribution in [0.2, 0.25) is 0 Å². The first-order valence-electron chi connectivity index (χ1n) is 10.6. The first-order valence-corrected chi connectivity index (χ1v) is 12.4. The Kier molecular flexibility index (Phi) is 8.75. The molecule has 3 aromatic rings. The Bertz CT molecular complexity index is 989. The molecule has 0 radical (unpaired) electrons. The van der Waals surface area contributed by atoms with Gasteiger partial charge in [-0.05, 0) is 69.9 Å². The first-order chi connectivity index (χ1) is 15.0. The average Bonchev–Trinajstić information content (AvgIpc) is 3.21. The van der Waals surface area contributed by atoms with E-state index in [1.165, 1.54) is 4.90 Å². The monoisotopic (exact) mass is 457 g/mol. The summed E-state index contributed by atoms with van der Waals surface area (Å²) in [4.78, 5) is 23.3. The molecule has 2 aromatic carbocycles. The van der Waals surface area contributed by atoms with Crippen molar-refractivity contribution in [3.8, 4) is 5.75 Å². The van der Waals surface area contributed by atoms with E-state index >= 15 is 0 Å². The predicted octanol–water partition coefficient (Wildman–Crippen LogP) is 5.47. The Hall–Kier alpha value is -2.09. The minimum atomic E-state index is 0.142. The molecule has 7 heteroatoms. The number of anilines is 1. The molecule has 0 bridgehead atoms. The Balaban J connectivity index is 1.72. The summed E-state index contributed by atoms with van der Waals surface area (Å²) < 4.78 is 6.58. The normalized spacial score (nSPS) is 11.3. The van der Waals surface area contributed by atoms with Gasteiger partial charge < -0.3 is 9.64 Å². The molecular formula is C24H31N3O2S2. The van der Waals surface area contributed by atoms with Crippen LogP contribution in [-0.4, -0.2) is 55.8 Å². The summed E-state index contributed by atoms with van der Waals surface area (Å²) in [5.74, 6) is 1.82. The molecule has 0 aliphatic heterocycles. The van der Waals surface area contributed by atoms with Crippen molar-refractivity contribution in [2.45, 2.75) is 31.1 Å². The number of nitrogens with zero attached hydrogens (tertiary/aromatic N) is 3. The van der Waals surface area contributed by atoms with E-state index < -0.39 is 0 Å². The number of thioether (sulfide) groups is 1. The standard InChI is InChI=1S/C24H31N3O2S2/c1-18-13-14-20(29-4)22-23(18)31-24(25-22)27(16-9-15-26(2)3)21(28)12-8-17-30-19-10-6-5-7-11-19/h5-7,10-11,13-14H,8-9,12,15-17H2,1-4H3. The van der Waals surface area contributed by atoms with Crippen LogP contribution >= 0.6 is 23.1 Å². The molecule has 1 amide bonds. The number of aryl methyl sites for hydroxylation is 1. The smallest absolute Gasteiger partial charge is 0.228 e. The number of hydrogen-bond acceptors (Lipinski definition) is 6. The molecular weight excluding hydrogens is 426 g/mol. The Morgan fingerprint density at radius 1 is 1.10 bits per heavy atom. The SMILES string of the molecule is COc1ccc(C)c2sc(N(CCCN(C)C)C(=O)CCCSc3ccccc3)nc12. The van der Waals surface area contributed by atoms with Gasteiger partial charge in [0.05, 0.1) is 11.8 Å². The third kappa shape index (κ3) is 6.45. The van der Waals surface area contributed by atoms with Gasteiger partial charge in [0.1, 0.15) is 11.3 Å². The van der Waals surface area contributed by atoms with Crippen LogP contribution in [0.1, 0.15) is 24.8 Å². The quantitative estimate of drug-likeness (QED) is 0.282. The van der Waals surface area contributed by atoms with E-state index in [2.05, 4.69) is 38.1 Å². The number of ether oxygens (including phenoxy) is 1. The predicted molar refractivity (Wildman–Crippen MR) is 133 cm³/mol. The maximum atomic E-state index is 13.2. The zero-order valence-electron chi connectivity index (χ0n) is 18.8. The summed E-state index contributed by atoms with van der Waals surface area (Å²) in [6.07, 6.45) is 2.27. The fourth-order valence-corrected chi connectivity index (χ4v) is 5.28. The summed E-state index contributed by atoms with van der Waals surface area (Å²) in [7, 11) is 5.77. The Morgan fingerprint density at radius 3 is 2.58 bits per heavy atom. The van der Waals surface area contributed by atoms with Crippen LogP contribution in [0.15, 0.2) is 47.4 Å². The lowest BCUT2D eigenvalue weighted by Gasteiger charge is -2.21. The molecule has 0 saturated heterocycles. The molecule has 0 spiro atoms. The lowest BCUT2D eigenvalue weighted by molar-refractivity contribution is -0.118. The largest absolute Gasteiger partial charge is 0.494 e. The minimum Gasteiger partial charge on any atom is -0.494 e. The van der Waals surface area contributed by atoms with Crippen LogP contribution in [0.3, 0.4) is 0 Å². The zero-order valence-corrected chi connectivity index (χ0v) is 20.4. The number of hydrogen-bond donors (Lipinski definition) is 0. The van der Waals surface area contributed by atoms with Gasteiger partial charge in [-0.15, -0.1) is 11.8 Å². The van der Waals surface area contributed by atoms with Gasteiger partial charge in [-0.1, -0.05) is 35.6 Å². The number of aromatic nitrogens is 1. The molecule has 0 aliphatic rings. The van der Waals surface area contributed by atoms with E-state index in [1.807, 2.05) is 35.2 Å². The molecule has 0 atom stereocenters. The number of rotatable bonds is 11. The molecule has 0 fully saturated rings. The molecule has 1 heterocycles. The van der Waals surface area contributed by atoms with Crippen LogP contribution < -0.4 is 9.64 Å². The van der Waals surface area contributed by atoms with Crippen LogP contribution in [0.25, 0.3) is 10.2 Å². The summed E-state index contributed by atoms with van der Waals surface area (Å²) in [5, 5.41) is 0.766. The van der Waals surface area contributed by atoms with E-state index in [9.17, 15) is 4.79 Å². The fraction of sp³-hybridized carbons (Fsp3) is 0.417. The molecule has 0 aliphatic carbocycles. The lowest BCUT2D eigenvalue weighted by atomic mass is 10.2. The van der Waals surface area contributed by atoms with Crippen molar-refractivity contribution in [2.75, 3.05) is 44.9 Å². The third-order valence-corrected chi connectivity index (χ3v) is 7.29. The van der Waals surface area contributed by atoms with E-state index in [-0.39, 0.29) is 5.91 Å². The average molecular weight is 458 g/mol. The zero-order chi connectivity index (χ0) is 22.2. The minimum absolute atomic E-state index is 0.142. The van der Waals surface area contributed by atoms with Gasteiger partial charge in [0.15, 0.2) is 5.13 Å². The van der Waals surface area contributed by atoms with Gasteiger partial charge in [0.2, 0.25) is 5.91 Å². The van der Waals surface area contributed by atoms with Crippen LogP contribution in [0.4, 0.5) is 5.13 Å². The lowest BCUT2D eigenvalue weighted by Crippen LogP contribution is -2.33. The number of fused-ring (bicyclic) bond motifs is 1. The van der Waals surface area contributed by atoms with Crippen LogP contribution in [-0.2, 0) is 4.79 Å². The van der Waals surface area contributed by atoms with Crippen molar-refractivity contribution in [1.29, 1.82) is 0 Å². The number of amides is 1. The number of thiazole rings is 1. The van der Waals surface area contributed by atoms with Gasteiger partial charge in [-0.2, -0.15) is 0 Å². The van der Waals surface area contributed by atoms with Gasteiger partial charge in [0.25, 0.3) is 0 Å². The molecule has 5 nitrogen and oxygen atoms in total. The van der Waals surface area contributed by atoms with Crippen LogP contribution in [0, 0.1) is 6.92 Å². The van der Waals surface area contributed by atoms with Gasteiger partial charge in [-0.25, -0.2) is 4.98 Å². The number of methoxy groups -OCH3 is 1. The molecule has 0 unspecified atom stereocenters. The highest BCUT2D eigenvalue weighted by Gasteiger charge is 2.21. The maximum absolute atomic E-state index is 13.2. The van der Waals surface area contributed by atoms with Crippen LogP contribution in [0.5, 0.6) is 5.75 Å². The molecule has 0 N–H and O–H groups in total. The van der Waals surface area contributed by atoms with Gasteiger partial charge in [0, 0.05) is 17.9 Å². The van der Waals surface area contributed by atoms with Gasteiger partial charge in [-0.3, -0.25) is 9.69 Å². The fourth-order valence-electron chi connectivity index (χ4n) is 3.32.